The maximum atomic E-state index is 6.55. The number of hydrogen-bond donors (Lipinski definition) is 0. The van der Waals surface area contributed by atoms with Gasteiger partial charge in [0.25, 0.3) is 0 Å². The van der Waals surface area contributed by atoms with Crippen LogP contribution in [0.25, 0.3) is 77.6 Å². The van der Waals surface area contributed by atoms with Crippen molar-refractivity contribution in [3.63, 3.8) is 0 Å². The van der Waals surface area contributed by atoms with E-state index in [4.69, 9.17) is 4.42 Å². The Morgan fingerprint density at radius 3 is 1.91 bits per heavy atom. The largest absolute Gasteiger partial charge is 0.455 e. The van der Waals surface area contributed by atoms with E-state index in [1.165, 1.54) is 66.8 Å². The molecule has 1 aromatic heterocycles. The highest BCUT2D eigenvalue weighted by atomic mass is 16.3. The first kappa shape index (κ1) is 26.5. The van der Waals surface area contributed by atoms with E-state index in [-0.39, 0.29) is 5.41 Å². The molecule has 47 heavy (non-hydrogen) atoms. The molecule has 0 saturated carbocycles. The molecule has 2 aliphatic rings. The van der Waals surface area contributed by atoms with E-state index in [1.807, 2.05) is 6.07 Å². The Labute approximate surface area is 274 Å². The van der Waals surface area contributed by atoms with Gasteiger partial charge < -0.3 is 4.42 Å². The molecule has 0 amide bonds. The van der Waals surface area contributed by atoms with Crippen LogP contribution in [0.3, 0.4) is 0 Å². The number of benzene rings is 7. The molecule has 0 N–H and O–H groups in total. The van der Waals surface area contributed by atoms with Gasteiger partial charge in [0.2, 0.25) is 0 Å². The van der Waals surface area contributed by atoms with E-state index in [0.717, 1.165) is 39.5 Å². The van der Waals surface area contributed by atoms with Crippen LogP contribution in [0.5, 0.6) is 0 Å². The topological polar surface area (TPSA) is 13.1 Å². The van der Waals surface area contributed by atoms with Gasteiger partial charge in [0.15, 0.2) is 0 Å². The maximum Gasteiger partial charge on any atom is 0.143 e. The average molecular weight is 601 g/mol. The third-order valence-corrected chi connectivity index (χ3v) is 10.7. The first-order chi connectivity index (χ1) is 23.0. The summed E-state index contributed by atoms with van der Waals surface area (Å²) in [4.78, 5) is 0. The van der Waals surface area contributed by atoms with Gasteiger partial charge in [-0.1, -0.05) is 123 Å². The molecule has 0 saturated heterocycles. The van der Waals surface area contributed by atoms with Crippen LogP contribution >= 0.6 is 0 Å². The summed E-state index contributed by atoms with van der Waals surface area (Å²) in [5.41, 5.74) is 20.0. The summed E-state index contributed by atoms with van der Waals surface area (Å²) in [6, 6.07) is 53.8. The Kier molecular flexibility index (Phi) is 5.46. The van der Waals surface area contributed by atoms with Crippen LogP contribution in [0.1, 0.15) is 36.1 Å². The quantitative estimate of drug-likeness (QED) is 0.197. The smallest absolute Gasteiger partial charge is 0.143 e. The van der Waals surface area contributed by atoms with Crippen LogP contribution < -0.4 is 0 Å². The van der Waals surface area contributed by atoms with Gasteiger partial charge in [-0.25, -0.2) is 0 Å². The molecule has 1 heterocycles. The van der Waals surface area contributed by atoms with Gasteiger partial charge >= 0.3 is 0 Å². The summed E-state index contributed by atoms with van der Waals surface area (Å²) in [5, 5.41) is 2.30. The zero-order valence-electron chi connectivity index (χ0n) is 26.5. The lowest BCUT2D eigenvalue weighted by Gasteiger charge is -2.21. The maximum absolute atomic E-state index is 6.55. The summed E-state index contributed by atoms with van der Waals surface area (Å²) in [6.45, 7) is 4.69. The zero-order chi connectivity index (χ0) is 31.3. The van der Waals surface area contributed by atoms with E-state index in [9.17, 15) is 0 Å². The van der Waals surface area contributed by atoms with Crippen LogP contribution in [0.4, 0.5) is 0 Å². The van der Waals surface area contributed by atoms with Gasteiger partial charge in [0.1, 0.15) is 11.2 Å². The summed E-state index contributed by atoms with van der Waals surface area (Å²) in [7, 11) is 0. The molecule has 0 fully saturated rings. The van der Waals surface area contributed by atoms with Gasteiger partial charge in [-0.05, 0) is 115 Å². The van der Waals surface area contributed by atoms with Crippen molar-refractivity contribution in [3.05, 3.63) is 168 Å². The molecule has 0 aliphatic heterocycles. The van der Waals surface area contributed by atoms with Crippen molar-refractivity contribution in [1.29, 1.82) is 0 Å². The molecule has 1 nitrogen and oxygen atoms in total. The van der Waals surface area contributed by atoms with Gasteiger partial charge in [-0.2, -0.15) is 0 Å². The third-order valence-electron chi connectivity index (χ3n) is 10.7. The molecule has 0 bridgehead atoms. The molecule has 0 radical (unpaired) electrons. The fourth-order valence-electron chi connectivity index (χ4n) is 8.29. The lowest BCUT2D eigenvalue weighted by molar-refractivity contribution is 0.660. The third kappa shape index (κ3) is 3.90. The molecule has 0 spiro atoms. The Balaban J connectivity index is 1.20. The van der Waals surface area contributed by atoms with E-state index < -0.39 is 0 Å². The lowest BCUT2D eigenvalue weighted by Crippen LogP contribution is -2.14. The fourth-order valence-corrected chi connectivity index (χ4v) is 8.29. The zero-order valence-corrected chi connectivity index (χ0v) is 26.5. The Morgan fingerprint density at radius 2 is 1.04 bits per heavy atom. The van der Waals surface area contributed by atoms with Crippen LogP contribution in [-0.2, 0) is 11.8 Å². The molecule has 2 aliphatic carbocycles. The second kappa shape index (κ2) is 9.67. The first-order valence-electron chi connectivity index (χ1n) is 16.5. The Bertz CT molecular complexity index is 2580. The average Bonchev–Trinajstić information content (AvgIpc) is 3.75. The number of rotatable bonds is 3. The fraction of sp³-hybridized carbons (Fsp3) is 0.0870. The second-order valence-electron chi connectivity index (χ2n) is 13.7. The van der Waals surface area contributed by atoms with E-state index in [0.29, 0.717) is 0 Å². The molecule has 8 aromatic rings. The molecule has 0 atom stereocenters. The lowest BCUT2D eigenvalue weighted by atomic mass is 9.82. The summed E-state index contributed by atoms with van der Waals surface area (Å²) < 4.78 is 6.55. The SMILES string of the molecule is CC1(C)c2ccccc2-c2cc(-c3cc(-c4ccc5c(c4)-c4ccccc4C5)cc(-c4cccc5c4oc4ccccc45)c3)ccc21. The molecule has 10 rings (SSSR count). The van der Waals surface area contributed by atoms with Crippen molar-refractivity contribution in [3.8, 4) is 55.6 Å². The molecule has 1 heteroatoms. The van der Waals surface area contributed by atoms with Crippen LogP contribution in [0, 0.1) is 0 Å². The predicted molar refractivity (Wildman–Crippen MR) is 196 cm³/mol. The number of fused-ring (bicyclic) bond motifs is 9. The number of furan rings is 1. The summed E-state index contributed by atoms with van der Waals surface area (Å²) in [5.74, 6) is 0. The minimum Gasteiger partial charge on any atom is -0.455 e. The highest BCUT2D eigenvalue weighted by Crippen LogP contribution is 2.50. The van der Waals surface area contributed by atoms with Gasteiger partial charge in [-0.3, -0.25) is 0 Å². The molecule has 222 valence electrons. The van der Waals surface area contributed by atoms with Crippen LogP contribution in [0.2, 0.25) is 0 Å². The normalized spacial score (nSPS) is 13.8. The van der Waals surface area contributed by atoms with Crippen molar-refractivity contribution >= 4 is 21.9 Å². The molecule has 7 aromatic carbocycles. The van der Waals surface area contributed by atoms with E-state index in [1.54, 1.807) is 0 Å². The summed E-state index contributed by atoms with van der Waals surface area (Å²) >= 11 is 0. The minimum absolute atomic E-state index is 0.0187. The highest BCUT2D eigenvalue weighted by Gasteiger charge is 2.35. The van der Waals surface area contributed by atoms with E-state index in [2.05, 4.69) is 153 Å². The van der Waals surface area contributed by atoms with Crippen molar-refractivity contribution in [2.75, 3.05) is 0 Å². The first-order valence-corrected chi connectivity index (χ1v) is 16.5. The highest BCUT2D eigenvalue weighted by molar-refractivity contribution is 6.10. The van der Waals surface area contributed by atoms with Crippen LogP contribution in [-0.4, -0.2) is 0 Å². The van der Waals surface area contributed by atoms with Crippen LogP contribution in [0.15, 0.2) is 150 Å². The second-order valence-corrected chi connectivity index (χ2v) is 13.7. The van der Waals surface area contributed by atoms with Crippen molar-refractivity contribution in [2.24, 2.45) is 0 Å². The van der Waals surface area contributed by atoms with Gasteiger partial charge in [-0.15, -0.1) is 0 Å². The van der Waals surface area contributed by atoms with Gasteiger partial charge in [0.05, 0.1) is 0 Å². The van der Waals surface area contributed by atoms with Crippen molar-refractivity contribution < 1.29 is 4.42 Å². The Morgan fingerprint density at radius 1 is 0.426 bits per heavy atom. The van der Waals surface area contributed by atoms with Crippen molar-refractivity contribution in [2.45, 2.75) is 25.7 Å². The van der Waals surface area contributed by atoms with Gasteiger partial charge in [0, 0.05) is 21.8 Å². The standard InChI is InChI=1S/C46H32O/c1-46(2)42-16-7-5-12-37(42)41-27-29(20-21-43(41)46)33-23-32(28-18-19-31-22-30-10-3-4-11-35(30)40(31)26-28)24-34(25-33)36-14-9-15-39-38-13-6-8-17-44(38)47-45(36)39/h3-21,23-27H,22H2,1-2H3. The van der Waals surface area contributed by atoms with Crippen molar-refractivity contribution in [1.82, 2.24) is 0 Å². The molecule has 0 unspecified atom stereocenters. The monoisotopic (exact) mass is 600 g/mol. The molecular weight excluding hydrogens is 569 g/mol. The van der Waals surface area contributed by atoms with E-state index >= 15 is 0 Å². The Hall–Kier alpha value is -5.66. The summed E-state index contributed by atoms with van der Waals surface area (Å²) in [6.07, 6.45) is 0.998. The number of hydrogen-bond acceptors (Lipinski definition) is 1. The minimum atomic E-state index is -0.0187. The molecular formula is C46H32O. The number of para-hydroxylation sites is 2. The predicted octanol–water partition coefficient (Wildman–Crippen LogP) is 12.5.